The molecule has 0 radical (unpaired) electrons. The van der Waals surface area contributed by atoms with Crippen LogP contribution < -0.4 is 10.6 Å². The monoisotopic (exact) mass is 288 g/mol. The Kier molecular flexibility index (Phi) is 4.63. The second-order valence-corrected chi connectivity index (χ2v) is 5.52. The fourth-order valence-electron chi connectivity index (χ4n) is 2.26. The average molecular weight is 289 g/mol. The van der Waals surface area contributed by atoms with Crippen molar-refractivity contribution in [2.24, 2.45) is 0 Å². The van der Waals surface area contributed by atoms with Gasteiger partial charge in [-0.15, -0.1) is 0 Å². The maximum Gasteiger partial charge on any atom is 0.270 e. The molecule has 1 heterocycles. The molecule has 1 saturated heterocycles. The van der Waals surface area contributed by atoms with Crippen molar-refractivity contribution >= 4 is 17.3 Å². The van der Waals surface area contributed by atoms with E-state index in [1.165, 1.54) is 25.0 Å². The van der Waals surface area contributed by atoms with Crippen LogP contribution in [0.1, 0.15) is 31.7 Å². The minimum absolute atomic E-state index is 0.0566. The van der Waals surface area contributed by atoms with Gasteiger partial charge in [0.2, 0.25) is 0 Å². The van der Waals surface area contributed by atoms with Crippen molar-refractivity contribution in [1.82, 2.24) is 5.32 Å². The Labute approximate surface area is 117 Å². The highest BCUT2D eigenvalue weighted by molar-refractivity contribution is 6.33. The van der Waals surface area contributed by atoms with Gasteiger partial charge in [-0.1, -0.05) is 24.1 Å². The van der Waals surface area contributed by atoms with Crippen LogP contribution in [0.2, 0.25) is 5.02 Å². The molecule has 0 amide bonds. The van der Waals surface area contributed by atoms with Gasteiger partial charge in [0.25, 0.3) is 5.92 Å². The highest BCUT2D eigenvalue weighted by atomic mass is 35.5. The van der Waals surface area contributed by atoms with Gasteiger partial charge in [0.15, 0.2) is 0 Å². The quantitative estimate of drug-likeness (QED) is 0.875. The minimum atomic E-state index is -2.85. The summed E-state index contributed by atoms with van der Waals surface area (Å²) in [7, 11) is 0. The van der Waals surface area contributed by atoms with Gasteiger partial charge in [0.1, 0.15) is 0 Å². The van der Waals surface area contributed by atoms with Crippen LogP contribution in [-0.4, -0.2) is 19.1 Å². The number of rotatable bonds is 4. The number of alkyl halides is 2. The first-order valence-electron chi connectivity index (χ1n) is 6.62. The van der Waals surface area contributed by atoms with Crippen LogP contribution in [0, 0.1) is 0 Å². The summed E-state index contributed by atoms with van der Waals surface area (Å²) < 4.78 is 26.3. The summed E-state index contributed by atoms with van der Waals surface area (Å²) >= 11 is 6.04. The molecule has 2 rings (SSSR count). The summed E-state index contributed by atoms with van der Waals surface area (Å²) in [4.78, 5) is 0. The molecule has 1 unspecified atom stereocenters. The number of hydrogen-bond donors (Lipinski definition) is 2. The molecular weight excluding hydrogens is 270 g/mol. The van der Waals surface area contributed by atoms with Gasteiger partial charge >= 0.3 is 0 Å². The van der Waals surface area contributed by atoms with Crippen molar-refractivity contribution in [2.75, 3.05) is 18.4 Å². The highest BCUT2D eigenvalue weighted by Crippen LogP contribution is 2.32. The molecule has 1 aromatic carbocycles. The highest BCUT2D eigenvalue weighted by Gasteiger charge is 2.24. The molecule has 1 fully saturated rings. The summed E-state index contributed by atoms with van der Waals surface area (Å²) in [5, 5.41) is 6.98. The number of piperidine rings is 1. The molecular formula is C14H19ClF2N2. The van der Waals surface area contributed by atoms with Crippen LogP contribution in [0.5, 0.6) is 0 Å². The van der Waals surface area contributed by atoms with Crippen LogP contribution in [0.3, 0.4) is 0 Å². The van der Waals surface area contributed by atoms with Gasteiger partial charge in [-0.2, -0.15) is 0 Å². The predicted molar refractivity (Wildman–Crippen MR) is 75.2 cm³/mol. The Balaban J connectivity index is 1.97. The van der Waals surface area contributed by atoms with Gasteiger partial charge < -0.3 is 10.6 Å². The third-order valence-electron chi connectivity index (χ3n) is 3.43. The Bertz CT molecular complexity index is 426. The number of anilines is 1. The molecule has 19 heavy (non-hydrogen) atoms. The number of nitrogens with one attached hydrogen (secondary N) is 2. The first-order chi connectivity index (χ1) is 8.97. The summed E-state index contributed by atoms with van der Waals surface area (Å²) in [6.45, 7) is 2.68. The molecule has 2 nitrogen and oxygen atoms in total. The second kappa shape index (κ2) is 6.06. The minimum Gasteiger partial charge on any atom is -0.382 e. The Hall–Kier alpha value is -0.870. The third kappa shape index (κ3) is 4.05. The molecule has 0 bridgehead atoms. The molecule has 5 heteroatoms. The molecule has 1 aromatic rings. The third-order valence-corrected chi connectivity index (χ3v) is 3.74. The molecule has 0 saturated carbocycles. The summed E-state index contributed by atoms with van der Waals surface area (Å²) in [5.74, 6) is -2.85. The Morgan fingerprint density at radius 2 is 2.21 bits per heavy atom. The molecule has 0 aromatic heterocycles. The number of hydrogen-bond acceptors (Lipinski definition) is 2. The van der Waals surface area contributed by atoms with E-state index in [0.29, 0.717) is 16.8 Å². The molecule has 0 aliphatic carbocycles. The first-order valence-corrected chi connectivity index (χ1v) is 7.00. The first kappa shape index (κ1) is 14.5. The molecule has 0 spiro atoms. The van der Waals surface area contributed by atoms with E-state index in [4.69, 9.17) is 11.6 Å². The Morgan fingerprint density at radius 1 is 1.42 bits per heavy atom. The zero-order chi connectivity index (χ0) is 13.9. The zero-order valence-corrected chi connectivity index (χ0v) is 11.7. The van der Waals surface area contributed by atoms with E-state index < -0.39 is 5.92 Å². The number of halogens is 3. The van der Waals surface area contributed by atoms with Gasteiger partial charge in [0.05, 0.1) is 10.7 Å². The summed E-state index contributed by atoms with van der Waals surface area (Å²) in [5.41, 5.74) is 0.654. The van der Waals surface area contributed by atoms with Crippen molar-refractivity contribution in [2.45, 2.75) is 38.2 Å². The van der Waals surface area contributed by atoms with E-state index >= 15 is 0 Å². The second-order valence-electron chi connectivity index (χ2n) is 5.11. The maximum absolute atomic E-state index is 13.2. The topological polar surface area (TPSA) is 24.1 Å². The normalized spacial score (nSPS) is 20.3. The van der Waals surface area contributed by atoms with Crippen molar-refractivity contribution in [1.29, 1.82) is 0 Å². The fourth-order valence-corrected chi connectivity index (χ4v) is 2.51. The van der Waals surface area contributed by atoms with Gasteiger partial charge in [-0.3, -0.25) is 0 Å². The standard InChI is InChI=1S/C14H19ClF2N2/c1-14(16,17)10-5-6-13(12(15)8-10)19-9-11-4-2-3-7-18-11/h5-6,8,11,18-19H,2-4,7,9H2,1H3. The van der Waals surface area contributed by atoms with Crippen molar-refractivity contribution < 1.29 is 8.78 Å². The predicted octanol–water partition coefficient (Wildman–Crippen LogP) is 4.01. The van der Waals surface area contributed by atoms with Gasteiger partial charge in [-0.25, -0.2) is 8.78 Å². The molecule has 1 aliphatic rings. The lowest BCUT2D eigenvalue weighted by atomic mass is 10.0. The zero-order valence-electron chi connectivity index (χ0n) is 11.0. The van der Waals surface area contributed by atoms with Crippen LogP contribution >= 0.6 is 11.6 Å². The van der Waals surface area contributed by atoms with Crippen molar-refractivity contribution in [3.8, 4) is 0 Å². The largest absolute Gasteiger partial charge is 0.382 e. The van der Waals surface area contributed by atoms with Gasteiger partial charge in [0, 0.05) is 25.1 Å². The number of benzene rings is 1. The van der Waals surface area contributed by atoms with E-state index in [0.717, 1.165) is 26.4 Å². The van der Waals surface area contributed by atoms with Crippen LogP contribution in [-0.2, 0) is 5.92 Å². The fraction of sp³-hybridized carbons (Fsp3) is 0.571. The molecule has 1 atom stereocenters. The Morgan fingerprint density at radius 3 is 2.79 bits per heavy atom. The lowest BCUT2D eigenvalue weighted by molar-refractivity contribution is 0.0175. The van der Waals surface area contributed by atoms with E-state index in [-0.39, 0.29) is 5.56 Å². The van der Waals surface area contributed by atoms with Crippen molar-refractivity contribution in [3.05, 3.63) is 28.8 Å². The van der Waals surface area contributed by atoms with Crippen molar-refractivity contribution in [3.63, 3.8) is 0 Å². The van der Waals surface area contributed by atoms with E-state index in [9.17, 15) is 8.78 Å². The summed E-state index contributed by atoms with van der Waals surface area (Å²) in [6, 6.07) is 4.80. The van der Waals surface area contributed by atoms with E-state index in [2.05, 4.69) is 10.6 Å². The molecule has 1 aliphatic heterocycles. The molecule has 106 valence electrons. The lowest BCUT2D eigenvalue weighted by Gasteiger charge is -2.24. The SMILES string of the molecule is CC(F)(F)c1ccc(NCC2CCCCN2)c(Cl)c1. The van der Waals surface area contributed by atoms with Crippen LogP contribution in [0.4, 0.5) is 14.5 Å². The summed E-state index contributed by atoms with van der Waals surface area (Å²) in [6.07, 6.45) is 3.58. The van der Waals surface area contributed by atoms with Crippen LogP contribution in [0.15, 0.2) is 18.2 Å². The maximum atomic E-state index is 13.2. The van der Waals surface area contributed by atoms with E-state index in [1.807, 2.05) is 0 Å². The van der Waals surface area contributed by atoms with E-state index in [1.54, 1.807) is 6.07 Å². The van der Waals surface area contributed by atoms with Crippen LogP contribution in [0.25, 0.3) is 0 Å². The lowest BCUT2D eigenvalue weighted by Crippen LogP contribution is -2.39. The van der Waals surface area contributed by atoms with Gasteiger partial charge in [-0.05, 0) is 31.5 Å². The molecule has 2 N–H and O–H groups in total. The average Bonchev–Trinajstić information content (AvgIpc) is 2.37. The smallest absolute Gasteiger partial charge is 0.270 e.